The van der Waals surface area contributed by atoms with Crippen LogP contribution in [0.1, 0.15) is 61.0 Å². The minimum atomic E-state index is 0.787. The summed E-state index contributed by atoms with van der Waals surface area (Å²) in [5, 5.41) is 12.7. The van der Waals surface area contributed by atoms with Crippen LogP contribution in [-0.4, -0.2) is 32.2 Å². The topological polar surface area (TPSA) is 59.7 Å². The first-order valence-corrected chi connectivity index (χ1v) is 20.0. The van der Waals surface area contributed by atoms with Gasteiger partial charge < -0.3 is 19.8 Å². The van der Waals surface area contributed by atoms with Gasteiger partial charge in [0, 0.05) is 71.2 Å². The van der Waals surface area contributed by atoms with Crippen molar-refractivity contribution in [3.8, 4) is 0 Å². The molecular weight excluding hydrogens is 661 g/mol. The second-order valence-electron chi connectivity index (χ2n) is 14.6. The van der Waals surface area contributed by atoms with Crippen molar-refractivity contribution in [1.82, 2.24) is 29.7 Å². The smallest absolute Gasteiger partial charge is 0.0784 e. The Hall–Kier alpha value is -5.30. The lowest BCUT2D eigenvalue weighted by atomic mass is 10.1. The van der Waals surface area contributed by atoms with Gasteiger partial charge in [-0.15, -0.1) is 0 Å². The quantitative estimate of drug-likeness (QED) is 0.0820. The van der Waals surface area contributed by atoms with Crippen LogP contribution in [0.4, 0.5) is 0 Å². The van der Waals surface area contributed by atoms with Crippen molar-refractivity contribution >= 4 is 43.6 Å². The molecule has 6 nitrogen and oxygen atoms in total. The van der Waals surface area contributed by atoms with Crippen molar-refractivity contribution in [3.63, 3.8) is 0 Å². The number of rotatable bonds is 19. The molecule has 2 N–H and O–H groups in total. The molecule has 8 aromatic rings. The molecule has 0 aliphatic carbocycles. The fourth-order valence-electron chi connectivity index (χ4n) is 8.31. The third-order valence-corrected chi connectivity index (χ3v) is 10.9. The molecule has 0 fully saturated rings. The standard InChI is InChI=1S/C48H52N6/c1(13-29-49-35-43-47-41(27-31-51-43)39-23-9-11-25-45(39)53(47)33-15-21-37-17-5-3-6-18-37)2-14-30-50-36-44-48-42(28-32-52-44)40-24-10-12-26-46(40)54(48)34-16-22-38-19-7-4-8-20-38/h3-12,17-20,23-28,31-32,49-50H,1-2,13-16,21-22,29-30,33-36H2. The predicted molar refractivity (Wildman–Crippen MR) is 226 cm³/mol. The van der Waals surface area contributed by atoms with E-state index in [1.54, 1.807) is 0 Å². The second-order valence-corrected chi connectivity index (χ2v) is 14.6. The van der Waals surface area contributed by atoms with E-state index >= 15 is 0 Å². The predicted octanol–water partition coefficient (Wildman–Crippen LogP) is 10.4. The fraction of sp³-hybridized carbons (Fsp3) is 0.292. The molecule has 4 heterocycles. The molecule has 0 bridgehead atoms. The number of aromatic nitrogens is 4. The SMILES string of the molecule is c1ccc(CCCn2c3ccccc3c3ccnc(CNCCCCCCNCc4nccc5c6ccccc6n(CCCc6ccccc6)c45)c32)cc1. The number of nitrogens with one attached hydrogen (secondary N) is 2. The lowest BCUT2D eigenvalue weighted by Crippen LogP contribution is -2.18. The molecule has 4 aromatic carbocycles. The molecule has 0 radical (unpaired) electrons. The van der Waals surface area contributed by atoms with Gasteiger partial charge in [0.05, 0.1) is 22.4 Å². The van der Waals surface area contributed by atoms with Gasteiger partial charge in [-0.2, -0.15) is 0 Å². The molecule has 0 atom stereocenters. The molecule has 8 rings (SSSR count). The van der Waals surface area contributed by atoms with Crippen LogP contribution in [0.5, 0.6) is 0 Å². The lowest BCUT2D eigenvalue weighted by Gasteiger charge is -2.12. The summed E-state index contributed by atoms with van der Waals surface area (Å²) in [6.45, 7) is 5.54. The third-order valence-electron chi connectivity index (χ3n) is 10.9. The molecule has 0 saturated heterocycles. The Morgan fingerprint density at radius 2 is 0.833 bits per heavy atom. The van der Waals surface area contributed by atoms with Gasteiger partial charge in [0.25, 0.3) is 0 Å². The lowest BCUT2D eigenvalue weighted by molar-refractivity contribution is 0.559. The maximum atomic E-state index is 4.89. The molecular formula is C48H52N6. The summed E-state index contributed by atoms with van der Waals surface area (Å²) in [6.07, 6.45) is 13.1. The van der Waals surface area contributed by atoms with Gasteiger partial charge >= 0.3 is 0 Å². The number of nitrogens with zero attached hydrogens (tertiary/aromatic N) is 4. The molecule has 0 aliphatic heterocycles. The first-order chi connectivity index (χ1) is 26.8. The molecule has 54 heavy (non-hydrogen) atoms. The average molecular weight is 713 g/mol. The van der Waals surface area contributed by atoms with Gasteiger partial charge in [0.15, 0.2) is 0 Å². The van der Waals surface area contributed by atoms with E-state index in [0.29, 0.717) is 0 Å². The van der Waals surface area contributed by atoms with Crippen LogP contribution < -0.4 is 10.6 Å². The minimum Gasteiger partial charge on any atom is -0.339 e. The van der Waals surface area contributed by atoms with Crippen molar-refractivity contribution in [3.05, 3.63) is 156 Å². The zero-order valence-corrected chi connectivity index (χ0v) is 31.4. The highest BCUT2D eigenvalue weighted by atomic mass is 15.0. The Morgan fingerprint density at radius 1 is 0.407 bits per heavy atom. The van der Waals surface area contributed by atoms with Crippen LogP contribution in [0.3, 0.4) is 0 Å². The zero-order valence-electron chi connectivity index (χ0n) is 31.4. The summed E-state index contributed by atoms with van der Waals surface area (Å²) >= 11 is 0. The Bertz CT molecular complexity index is 2240. The van der Waals surface area contributed by atoms with Crippen molar-refractivity contribution in [2.45, 2.75) is 77.5 Å². The van der Waals surface area contributed by atoms with Crippen LogP contribution in [0, 0.1) is 0 Å². The molecule has 274 valence electrons. The molecule has 6 heteroatoms. The third kappa shape index (κ3) is 8.10. The summed E-state index contributed by atoms with van der Waals surface area (Å²) in [5.41, 5.74) is 10.3. The van der Waals surface area contributed by atoms with Gasteiger partial charge in [-0.25, -0.2) is 0 Å². The highest BCUT2D eigenvalue weighted by Crippen LogP contribution is 2.32. The Labute approximate surface area is 319 Å². The van der Waals surface area contributed by atoms with Crippen LogP contribution in [-0.2, 0) is 39.0 Å². The number of hydrogen-bond donors (Lipinski definition) is 2. The van der Waals surface area contributed by atoms with Crippen molar-refractivity contribution in [2.75, 3.05) is 13.1 Å². The van der Waals surface area contributed by atoms with E-state index in [1.165, 1.54) is 80.4 Å². The van der Waals surface area contributed by atoms with E-state index in [1.807, 2.05) is 12.4 Å². The monoisotopic (exact) mass is 712 g/mol. The fourth-order valence-corrected chi connectivity index (χ4v) is 8.31. The van der Waals surface area contributed by atoms with E-state index < -0.39 is 0 Å². The van der Waals surface area contributed by atoms with E-state index in [-0.39, 0.29) is 0 Å². The van der Waals surface area contributed by atoms with Crippen molar-refractivity contribution in [1.29, 1.82) is 0 Å². The van der Waals surface area contributed by atoms with Crippen molar-refractivity contribution in [2.24, 2.45) is 0 Å². The Morgan fingerprint density at radius 3 is 1.30 bits per heavy atom. The largest absolute Gasteiger partial charge is 0.339 e. The maximum Gasteiger partial charge on any atom is 0.0784 e. The van der Waals surface area contributed by atoms with Crippen molar-refractivity contribution < 1.29 is 0 Å². The Kier molecular flexibility index (Phi) is 11.7. The van der Waals surface area contributed by atoms with Gasteiger partial charge in [-0.1, -0.05) is 110 Å². The van der Waals surface area contributed by atoms with E-state index in [9.17, 15) is 0 Å². The van der Waals surface area contributed by atoms with E-state index in [4.69, 9.17) is 9.97 Å². The molecule has 4 aromatic heterocycles. The first-order valence-electron chi connectivity index (χ1n) is 20.0. The molecule has 0 unspecified atom stereocenters. The maximum absolute atomic E-state index is 4.89. The summed E-state index contributed by atoms with van der Waals surface area (Å²) in [4.78, 5) is 9.77. The van der Waals surface area contributed by atoms with Gasteiger partial charge in [-0.3, -0.25) is 9.97 Å². The highest BCUT2D eigenvalue weighted by molar-refractivity contribution is 6.09. The van der Waals surface area contributed by atoms with E-state index in [0.717, 1.165) is 76.3 Å². The minimum absolute atomic E-state index is 0.787. The zero-order chi connectivity index (χ0) is 36.4. The summed E-state index contributed by atoms with van der Waals surface area (Å²) in [5.74, 6) is 0. The number of fused-ring (bicyclic) bond motifs is 6. The summed E-state index contributed by atoms with van der Waals surface area (Å²) in [7, 11) is 0. The number of unbranched alkanes of at least 4 members (excludes halogenated alkanes) is 3. The summed E-state index contributed by atoms with van der Waals surface area (Å²) in [6, 6.07) is 43.6. The first kappa shape index (κ1) is 35.7. The number of benzene rings is 4. The number of para-hydroxylation sites is 2. The number of aryl methyl sites for hydroxylation is 4. The van der Waals surface area contributed by atoms with Crippen LogP contribution in [0.2, 0.25) is 0 Å². The van der Waals surface area contributed by atoms with Gasteiger partial charge in [0.2, 0.25) is 0 Å². The average Bonchev–Trinajstić information content (AvgIpc) is 3.73. The van der Waals surface area contributed by atoms with Gasteiger partial charge in [-0.05, 0) is 87.0 Å². The highest BCUT2D eigenvalue weighted by Gasteiger charge is 2.16. The number of hydrogen-bond acceptors (Lipinski definition) is 4. The normalized spacial score (nSPS) is 11.8. The number of pyridine rings is 2. The molecule has 0 aliphatic rings. The molecule has 0 amide bonds. The Balaban J connectivity index is 0.812. The van der Waals surface area contributed by atoms with Crippen LogP contribution >= 0.6 is 0 Å². The van der Waals surface area contributed by atoms with Crippen LogP contribution in [0.25, 0.3) is 43.6 Å². The summed E-state index contributed by atoms with van der Waals surface area (Å²) < 4.78 is 5.01. The molecule has 0 saturated carbocycles. The molecule has 0 spiro atoms. The van der Waals surface area contributed by atoms with E-state index in [2.05, 4.69) is 141 Å². The van der Waals surface area contributed by atoms with Gasteiger partial charge in [0.1, 0.15) is 0 Å². The second kappa shape index (κ2) is 17.7. The van der Waals surface area contributed by atoms with Crippen LogP contribution in [0.15, 0.2) is 134 Å².